The van der Waals surface area contributed by atoms with Crippen molar-refractivity contribution in [3.63, 3.8) is 0 Å². The fraction of sp³-hybridized carbons (Fsp3) is 0.133. The fourth-order valence-corrected chi connectivity index (χ4v) is 2.82. The highest BCUT2D eigenvalue weighted by atomic mass is 79.9. The van der Waals surface area contributed by atoms with Crippen molar-refractivity contribution < 1.29 is 4.79 Å². The molecule has 0 amide bonds. The van der Waals surface area contributed by atoms with E-state index in [1.165, 1.54) is 0 Å². The van der Waals surface area contributed by atoms with Gasteiger partial charge in [0.2, 0.25) is 0 Å². The highest BCUT2D eigenvalue weighted by molar-refractivity contribution is 9.10. The third kappa shape index (κ3) is 3.02. The van der Waals surface area contributed by atoms with Crippen molar-refractivity contribution in [1.29, 1.82) is 0 Å². The molecule has 2 aromatic carbocycles. The van der Waals surface area contributed by atoms with Gasteiger partial charge in [0.1, 0.15) is 0 Å². The van der Waals surface area contributed by atoms with Gasteiger partial charge < -0.3 is 0 Å². The van der Waals surface area contributed by atoms with E-state index in [-0.39, 0.29) is 5.78 Å². The van der Waals surface area contributed by atoms with Crippen LogP contribution in [0.2, 0.25) is 10.0 Å². The number of ketones is 1. The van der Waals surface area contributed by atoms with Crippen molar-refractivity contribution in [3.05, 3.63) is 67.1 Å². The highest BCUT2D eigenvalue weighted by Gasteiger charge is 2.16. The number of aryl methyl sites for hydroxylation is 2. The van der Waals surface area contributed by atoms with E-state index in [0.29, 0.717) is 21.2 Å². The van der Waals surface area contributed by atoms with E-state index in [9.17, 15) is 4.79 Å². The summed E-state index contributed by atoms with van der Waals surface area (Å²) < 4.78 is 0.845. The number of carbonyl (C=O) groups excluding carboxylic acids is 1. The molecule has 0 heterocycles. The molecule has 0 spiro atoms. The monoisotopic (exact) mass is 356 g/mol. The highest BCUT2D eigenvalue weighted by Crippen LogP contribution is 2.27. The van der Waals surface area contributed by atoms with Gasteiger partial charge in [-0.25, -0.2) is 0 Å². The molecule has 0 atom stereocenters. The van der Waals surface area contributed by atoms with E-state index in [1.54, 1.807) is 30.3 Å². The van der Waals surface area contributed by atoms with Gasteiger partial charge in [0, 0.05) is 20.6 Å². The summed E-state index contributed by atoms with van der Waals surface area (Å²) in [6, 6.07) is 8.84. The summed E-state index contributed by atoms with van der Waals surface area (Å²) in [7, 11) is 0. The molecule has 2 aromatic rings. The van der Waals surface area contributed by atoms with E-state index in [0.717, 1.165) is 15.6 Å². The lowest BCUT2D eigenvalue weighted by Gasteiger charge is -2.09. The summed E-state index contributed by atoms with van der Waals surface area (Å²) in [6.45, 7) is 3.74. The minimum atomic E-state index is -0.0882. The molecular formula is C15H11BrCl2O. The molecule has 2 rings (SSSR count). The van der Waals surface area contributed by atoms with Crippen molar-refractivity contribution in [2.75, 3.05) is 0 Å². The van der Waals surface area contributed by atoms with Crippen LogP contribution < -0.4 is 0 Å². The van der Waals surface area contributed by atoms with Gasteiger partial charge in [-0.3, -0.25) is 4.79 Å². The average Bonchev–Trinajstić information content (AvgIpc) is 2.33. The molecule has 0 aromatic heterocycles. The van der Waals surface area contributed by atoms with Crippen LogP contribution in [-0.2, 0) is 0 Å². The number of halogens is 3. The van der Waals surface area contributed by atoms with E-state index in [4.69, 9.17) is 23.2 Å². The lowest BCUT2D eigenvalue weighted by Crippen LogP contribution is -2.05. The molecule has 0 aliphatic carbocycles. The number of carbonyl (C=O) groups is 1. The quantitative estimate of drug-likeness (QED) is 0.639. The first-order valence-corrected chi connectivity index (χ1v) is 7.21. The third-order valence-corrected chi connectivity index (χ3v) is 4.14. The molecule has 19 heavy (non-hydrogen) atoms. The number of rotatable bonds is 2. The van der Waals surface area contributed by atoms with Gasteiger partial charge in [0.25, 0.3) is 0 Å². The van der Waals surface area contributed by atoms with Gasteiger partial charge in [-0.05, 0) is 55.3 Å². The second kappa shape index (κ2) is 5.66. The van der Waals surface area contributed by atoms with Crippen molar-refractivity contribution >= 4 is 44.9 Å². The molecule has 0 aliphatic rings. The summed E-state index contributed by atoms with van der Waals surface area (Å²) in [5, 5.41) is 1.10. The van der Waals surface area contributed by atoms with Crippen LogP contribution >= 0.6 is 39.1 Å². The largest absolute Gasteiger partial charge is 0.289 e. The Hall–Kier alpha value is -0.830. The van der Waals surface area contributed by atoms with Gasteiger partial charge >= 0.3 is 0 Å². The van der Waals surface area contributed by atoms with Gasteiger partial charge in [0.15, 0.2) is 5.78 Å². The Balaban J connectivity index is 2.53. The van der Waals surface area contributed by atoms with Crippen LogP contribution in [0.3, 0.4) is 0 Å². The zero-order chi connectivity index (χ0) is 14.2. The zero-order valence-corrected chi connectivity index (χ0v) is 13.5. The first kappa shape index (κ1) is 14.6. The third-order valence-electron chi connectivity index (χ3n) is 2.93. The van der Waals surface area contributed by atoms with Crippen LogP contribution in [0.25, 0.3) is 0 Å². The first-order chi connectivity index (χ1) is 8.90. The zero-order valence-electron chi connectivity index (χ0n) is 10.4. The van der Waals surface area contributed by atoms with E-state index in [2.05, 4.69) is 15.9 Å². The second-order valence-corrected chi connectivity index (χ2v) is 6.10. The summed E-state index contributed by atoms with van der Waals surface area (Å²) in [6.07, 6.45) is 0. The van der Waals surface area contributed by atoms with Crippen LogP contribution in [-0.4, -0.2) is 5.78 Å². The molecule has 0 bridgehead atoms. The van der Waals surface area contributed by atoms with Crippen molar-refractivity contribution in [1.82, 2.24) is 0 Å². The maximum absolute atomic E-state index is 12.5. The Morgan fingerprint density at radius 1 is 0.947 bits per heavy atom. The molecule has 0 N–H and O–H groups in total. The lowest BCUT2D eigenvalue weighted by molar-refractivity contribution is 0.103. The van der Waals surface area contributed by atoms with Gasteiger partial charge in [-0.1, -0.05) is 39.1 Å². The molecule has 0 saturated heterocycles. The normalized spacial score (nSPS) is 10.6. The molecule has 0 aliphatic heterocycles. The number of hydrogen-bond acceptors (Lipinski definition) is 1. The van der Waals surface area contributed by atoms with E-state index in [1.807, 2.05) is 13.8 Å². The lowest BCUT2D eigenvalue weighted by atomic mass is 9.97. The topological polar surface area (TPSA) is 17.1 Å². The molecule has 4 heteroatoms. The summed E-state index contributed by atoms with van der Waals surface area (Å²) in [5.41, 5.74) is 2.85. The first-order valence-electron chi connectivity index (χ1n) is 5.66. The molecule has 0 unspecified atom stereocenters. The Morgan fingerprint density at radius 3 is 2.26 bits per heavy atom. The summed E-state index contributed by atoms with van der Waals surface area (Å²) in [5.74, 6) is -0.0882. The van der Waals surface area contributed by atoms with Crippen LogP contribution in [0.5, 0.6) is 0 Å². The van der Waals surface area contributed by atoms with Gasteiger partial charge in [0.05, 0.1) is 5.02 Å². The van der Waals surface area contributed by atoms with E-state index < -0.39 is 0 Å². The van der Waals surface area contributed by atoms with Crippen molar-refractivity contribution in [2.45, 2.75) is 13.8 Å². The molecule has 0 saturated carbocycles. The Bertz CT molecular complexity index is 665. The maximum Gasteiger partial charge on any atom is 0.194 e. The Labute approximate surface area is 130 Å². The molecule has 0 radical (unpaired) electrons. The Morgan fingerprint density at radius 2 is 1.63 bits per heavy atom. The summed E-state index contributed by atoms with van der Waals surface area (Å²) >= 11 is 15.5. The predicted molar refractivity (Wildman–Crippen MR) is 83.5 cm³/mol. The van der Waals surface area contributed by atoms with Crippen LogP contribution in [0.15, 0.2) is 34.8 Å². The summed E-state index contributed by atoms with van der Waals surface area (Å²) in [4.78, 5) is 12.5. The van der Waals surface area contributed by atoms with Crippen LogP contribution in [0, 0.1) is 13.8 Å². The molecule has 1 nitrogen and oxygen atoms in total. The molecule has 98 valence electrons. The smallest absolute Gasteiger partial charge is 0.194 e. The standard InChI is InChI=1S/C15H11BrCl2O/c1-8-6-13(17)9(2)5-12(8)15(19)11-4-3-10(16)7-14(11)18/h3-7H,1-2H3. The van der Waals surface area contributed by atoms with Gasteiger partial charge in [-0.15, -0.1) is 0 Å². The maximum atomic E-state index is 12.5. The van der Waals surface area contributed by atoms with Crippen molar-refractivity contribution in [2.24, 2.45) is 0 Å². The predicted octanol–water partition coefficient (Wildman–Crippen LogP) is 5.60. The van der Waals surface area contributed by atoms with Crippen LogP contribution in [0.1, 0.15) is 27.0 Å². The number of benzene rings is 2. The SMILES string of the molecule is Cc1cc(C(=O)c2ccc(Br)cc2Cl)c(C)cc1Cl. The minimum absolute atomic E-state index is 0.0882. The fourth-order valence-electron chi connectivity index (χ4n) is 1.84. The van der Waals surface area contributed by atoms with Crippen LogP contribution in [0.4, 0.5) is 0 Å². The van der Waals surface area contributed by atoms with Gasteiger partial charge in [-0.2, -0.15) is 0 Å². The number of hydrogen-bond donors (Lipinski definition) is 0. The van der Waals surface area contributed by atoms with E-state index >= 15 is 0 Å². The average molecular weight is 358 g/mol. The minimum Gasteiger partial charge on any atom is -0.289 e. The Kier molecular flexibility index (Phi) is 4.34. The second-order valence-electron chi connectivity index (χ2n) is 4.37. The molecule has 0 fully saturated rings. The molecular weight excluding hydrogens is 347 g/mol. The van der Waals surface area contributed by atoms with Crippen molar-refractivity contribution in [3.8, 4) is 0 Å².